The minimum absolute atomic E-state index is 0.00956. The molecule has 2 rings (SSSR count). The number of aryl methyl sites for hydroxylation is 1. The number of sulfonamides is 1. The zero-order valence-electron chi connectivity index (χ0n) is 19.6. The van der Waals surface area contributed by atoms with Crippen LogP contribution in [0.5, 0.6) is 0 Å². The van der Waals surface area contributed by atoms with E-state index in [9.17, 15) is 18.0 Å². The van der Waals surface area contributed by atoms with E-state index in [0.29, 0.717) is 25.9 Å². The molecule has 2 aromatic carbocycles. The van der Waals surface area contributed by atoms with Crippen molar-refractivity contribution < 1.29 is 18.0 Å². The van der Waals surface area contributed by atoms with E-state index >= 15 is 0 Å². The monoisotopic (exact) mass is 493 g/mol. The van der Waals surface area contributed by atoms with Gasteiger partial charge in [0.15, 0.2) is 0 Å². The van der Waals surface area contributed by atoms with Gasteiger partial charge in [0.1, 0.15) is 0 Å². The molecule has 0 spiro atoms. The number of nitrogens with zero attached hydrogens (tertiary/aromatic N) is 2. The molecule has 0 fully saturated rings. The van der Waals surface area contributed by atoms with Gasteiger partial charge in [0.05, 0.1) is 15.5 Å². The predicted molar refractivity (Wildman–Crippen MR) is 131 cm³/mol. The van der Waals surface area contributed by atoms with Gasteiger partial charge in [0.25, 0.3) is 5.91 Å². The lowest BCUT2D eigenvalue weighted by atomic mass is 10.1. The van der Waals surface area contributed by atoms with E-state index in [-0.39, 0.29) is 21.4 Å². The normalized spacial score (nSPS) is 11.5. The Labute approximate surface area is 201 Å². The van der Waals surface area contributed by atoms with E-state index in [1.165, 1.54) is 37.9 Å². The molecular formula is C24H32ClN3O4S. The molecule has 7 nitrogen and oxygen atoms in total. The Morgan fingerprint density at radius 2 is 1.64 bits per heavy atom. The molecule has 0 saturated heterocycles. The van der Waals surface area contributed by atoms with Crippen LogP contribution < -0.4 is 5.32 Å². The summed E-state index contributed by atoms with van der Waals surface area (Å²) in [7, 11) is 0.992. The molecule has 0 atom stereocenters. The molecule has 0 unspecified atom stereocenters. The van der Waals surface area contributed by atoms with Crippen molar-refractivity contribution in [2.45, 2.75) is 44.0 Å². The van der Waals surface area contributed by atoms with Gasteiger partial charge in [-0.05, 0) is 43.5 Å². The van der Waals surface area contributed by atoms with E-state index in [1.807, 2.05) is 31.2 Å². The summed E-state index contributed by atoms with van der Waals surface area (Å²) < 4.78 is 25.7. The lowest BCUT2D eigenvalue weighted by Gasteiger charge is -2.17. The molecule has 2 aromatic rings. The highest BCUT2D eigenvalue weighted by Crippen LogP contribution is 2.22. The van der Waals surface area contributed by atoms with Crippen LogP contribution >= 0.6 is 11.6 Å². The van der Waals surface area contributed by atoms with Gasteiger partial charge in [0, 0.05) is 40.7 Å². The van der Waals surface area contributed by atoms with Crippen LogP contribution in [0.25, 0.3) is 0 Å². The largest absolute Gasteiger partial charge is 0.352 e. The van der Waals surface area contributed by atoms with Crippen LogP contribution in [0.15, 0.2) is 47.4 Å². The van der Waals surface area contributed by atoms with Crippen molar-refractivity contribution in [3.05, 3.63) is 64.2 Å². The van der Waals surface area contributed by atoms with Crippen molar-refractivity contribution in [3.8, 4) is 0 Å². The molecule has 0 aliphatic rings. The first-order chi connectivity index (χ1) is 15.5. The third-order valence-corrected chi connectivity index (χ3v) is 7.42. The Bertz CT molecular complexity index is 1070. The van der Waals surface area contributed by atoms with Gasteiger partial charge in [-0.1, -0.05) is 47.9 Å². The maximum Gasteiger partial charge on any atom is 0.252 e. The van der Waals surface area contributed by atoms with E-state index in [2.05, 4.69) is 5.32 Å². The summed E-state index contributed by atoms with van der Waals surface area (Å²) in [6, 6.07) is 12.2. The number of halogens is 1. The Hall–Kier alpha value is -2.42. The lowest BCUT2D eigenvalue weighted by molar-refractivity contribution is -0.130. The summed E-state index contributed by atoms with van der Waals surface area (Å²) in [6.07, 6.45) is 2.66. The van der Waals surface area contributed by atoms with Crippen LogP contribution in [0.4, 0.5) is 0 Å². The molecule has 0 radical (unpaired) electrons. The van der Waals surface area contributed by atoms with E-state index in [1.54, 1.807) is 11.9 Å². The number of hydrogen-bond acceptors (Lipinski definition) is 4. The van der Waals surface area contributed by atoms with Crippen molar-refractivity contribution in [3.63, 3.8) is 0 Å². The molecule has 1 N–H and O–H groups in total. The summed E-state index contributed by atoms with van der Waals surface area (Å²) in [4.78, 5) is 26.5. The van der Waals surface area contributed by atoms with Gasteiger partial charge in [-0.3, -0.25) is 9.59 Å². The summed E-state index contributed by atoms with van der Waals surface area (Å²) in [5.41, 5.74) is 2.40. The van der Waals surface area contributed by atoms with Crippen molar-refractivity contribution in [2.75, 3.05) is 27.7 Å². The van der Waals surface area contributed by atoms with E-state index in [0.717, 1.165) is 22.7 Å². The molecule has 0 heterocycles. The number of carbonyl (C=O) groups is 2. The number of unbranched alkanes of at least 4 members (excludes halogenated alkanes) is 2. The second kappa shape index (κ2) is 12.2. The topological polar surface area (TPSA) is 86.8 Å². The first kappa shape index (κ1) is 26.8. The maximum atomic E-state index is 12.5. The standard InChI is InChI=1S/C24H32ClN3O4S/c1-18-9-11-19(12-10-18)17-28(4)23(29)8-6-5-7-15-26-24(30)21-16-20(13-14-22(21)25)33(31,32)27(2)3/h9-14,16H,5-8,15,17H2,1-4H3,(H,26,30). The zero-order valence-corrected chi connectivity index (χ0v) is 21.2. The van der Waals surface area contributed by atoms with Crippen LogP contribution in [0.3, 0.4) is 0 Å². The third-order valence-electron chi connectivity index (χ3n) is 5.28. The smallest absolute Gasteiger partial charge is 0.252 e. The fourth-order valence-corrected chi connectivity index (χ4v) is 4.30. The first-order valence-electron chi connectivity index (χ1n) is 10.8. The average molecular weight is 494 g/mol. The third kappa shape index (κ3) is 7.84. The minimum Gasteiger partial charge on any atom is -0.352 e. The second-order valence-electron chi connectivity index (χ2n) is 8.23. The Morgan fingerprint density at radius 1 is 0.970 bits per heavy atom. The van der Waals surface area contributed by atoms with Crippen molar-refractivity contribution in [1.82, 2.24) is 14.5 Å². The number of nitrogens with one attached hydrogen (secondary N) is 1. The number of hydrogen-bond donors (Lipinski definition) is 1. The molecule has 33 heavy (non-hydrogen) atoms. The Morgan fingerprint density at radius 3 is 2.27 bits per heavy atom. The summed E-state index contributed by atoms with van der Waals surface area (Å²) in [6.45, 7) is 3.02. The molecule has 2 amide bonds. The minimum atomic E-state index is -3.66. The van der Waals surface area contributed by atoms with Crippen LogP contribution in [0.2, 0.25) is 5.02 Å². The van der Waals surface area contributed by atoms with Gasteiger partial charge in [-0.25, -0.2) is 12.7 Å². The molecule has 180 valence electrons. The quantitative estimate of drug-likeness (QED) is 0.482. The predicted octanol–water partition coefficient (Wildman–Crippen LogP) is 3.85. The van der Waals surface area contributed by atoms with Crippen LogP contribution in [-0.2, 0) is 21.4 Å². The zero-order chi connectivity index (χ0) is 24.6. The molecule has 0 bridgehead atoms. The van der Waals surface area contributed by atoms with Crippen molar-refractivity contribution in [1.29, 1.82) is 0 Å². The van der Waals surface area contributed by atoms with Gasteiger partial charge in [-0.15, -0.1) is 0 Å². The van der Waals surface area contributed by atoms with Crippen molar-refractivity contribution in [2.24, 2.45) is 0 Å². The molecule has 0 saturated carbocycles. The summed E-state index contributed by atoms with van der Waals surface area (Å²) in [5.74, 6) is -0.338. The number of rotatable bonds is 11. The van der Waals surface area contributed by atoms with E-state index < -0.39 is 15.9 Å². The van der Waals surface area contributed by atoms with Gasteiger partial charge >= 0.3 is 0 Å². The van der Waals surface area contributed by atoms with Gasteiger partial charge < -0.3 is 10.2 Å². The SMILES string of the molecule is Cc1ccc(CN(C)C(=O)CCCCCNC(=O)c2cc(S(=O)(=O)N(C)C)ccc2Cl)cc1. The highest BCUT2D eigenvalue weighted by atomic mass is 35.5. The van der Waals surface area contributed by atoms with E-state index in [4.69, 9.17) is 11.6 Å². The van der Waals surface area contributed by atoms with Crippen molar-refractivity contribution >= 4 is 33.4 Å². The highest BCUT2D eigenvalue weighted by Gasteiger charge is 2.20. The van der Waals surface area contributed by atoms with Crippen LogP contribution in [0, 0.1) is 6.92 Å². The Kier molecular flexibility index (Phi) is 9.88. The first-order valence-corrected chi connectivity index (χ1v) is 12.6. The summed E-state index contributed by atoms with van der Waals surface area (Å²) in [5, 5.41) is 2.96. The Balaban J connectivity index is 1.75. The van der Waals surface area contributed by atoms with Crippen LogP contribution in [-0.4, -0.2) is 57.1 Å². The highest BCUT2D eigenvalue weighted by molar-refractivity contribution is 7.89. The fraction of sp³-hybridized carbons (Fsp3) is 0.417. The molecule has 0 aliphatic heterocycles. The lowest BCUT2D eigenvalue weighted by Crippen LogP contribution is -2.27. The van der Waals surface area contributed by atoms with Crippen LogP contribution in [0.1, 0.15) is 47.2 Å². The second-order valence-corrected chi connectivity index (χ2v) is 10.8. The van der Waals surface area contributed by atoms with Gasteiger partial charge in [0.2, 0.25) is 15.9 Å². The molecule has 9 heteroatoms. The summed E-state index contributed by atoms with van der Waals surface area (Å²) >= 11 is 6.10. The maximum absolute atomic E-state index is 12.5. The fourth-order valence-electron chi connectivity index (χ4n) is 3.17. The number of carbonyl (C=O) groups excluding carboxylic acids is 2. The molecule has 0 aromatic heterocycles. The number of amides is 2. The average Bonchev–Trinajstić information content (AvgIpc) is 2.77. The molecular weight excluding hydrogens is 462 g/mol. The van der Waals surface area contributed by atoms with Gasteiger partial charge in [-0.2, -0.15) is 0 Å². The molecule has 0 aliphatic carbocycles. The number of benzene rings is 2.